The minimum absolute atomic E-state index is 0.0799. The van der Waals surface area contributed by atoms with Gasteiger partial charge in [-0.3, -0.25) is 9.59 Å². The molecule has 2 rings (SSSR count). The van der Waals surface area contributed by atoms with Gasteiger partial charge in [-0.25, -0.2) is 0 Å². The Morgan fingerprint density at radius 3 is 2.54 bits per heavy atom. The van der Waals surface area contributed by atoms with Crippen LogP contribution in [0.25, 0.3) is 0 Å². The molecule has 0 bridgehead atoms. The minimum atomic E-state index is -2.09. The molecular formula is C18H25ClO7. The van der Waals surface area contributed by atoms with Crippen molar-refractivity contribution in [1.82, 2.24) is 0 Å². The van der Waals surface area contributed by atoms with Crippen LogP contribution in [0.1, 0.15) is 34.1 Å². The van der Waals surface area contributed by atoms with Crippen molar-refractivity contribution in [2.24, 2.45) is 11.3 Å². The molecule has 2 aliphatic rings. The second-order valence-corrected chi connectivity index (χ2v) is 8.28. The number of methoxy groups -OCH3 is 1. The monoisotopic (exact) mass is 388 g/mol. The van der Waals surface area contributed by atoms with Crippen LogP contribution in [0.5, 0.6) is 0 Å². The zero-order chi connectivity index (χ0) is 20.1. The standard InChI is InChI=1S/C18H25ClO7/c1-9-14(26-10(2)21)13(23)15(25-5)11-6-12(22)18(19,7-16(9,11)3)17(4,24)8-20/h6,8-9,13-15,23-24H,7H2,1-5H3/t9-,13+,14+,15+,16+,17?,18+/m0/s1. The molecule has 26 heavy (non-hydrogen) atoms. The number of hydrogen-bond donors (Lipinski definition) is 2. The molecule has 0 spiro atoms. The van der Waals surface area contributed by atoms with Crippen molar-refractivity contribution >= 4 is 29.6 Å². The summed E-state index contributed by atoms with van der Waals surface area (Å²) in [6.45, 7) is 5.98. The SMILES string of the molecule is CO[C@@H]1C2=CC(=O)[C@@](Cl)(C(C)(O)C=O)C[C@]2(C)[C@@H](C)[C@@H](OC(C)=O)[C@H]1O. The Morgan fingerprint density at radius 1 is 1.50 bits per heavy atom. The molecule has 2 N–H and O–H groups in total. The number of alkyl halides is 1. The van der Waals surface area contributed by atoms with Gasteiger partial charge in [0.15, 0.2) is 12.1 Å². The highest BCUT2D eigenvalue weighted by molar-refractivity contribution is 6.39. The summed E-state index contributed by atoms with van der Waals surface area (Å²) in [6.07, 6.45) is -1.53. The average Bonchev–Trinajstić information content (AvgIpc) is 2.55. The van der Waals surface area contributed by atoms with Crippen molar-refractivity contribution in [3.63, 3.8) is 0 Å². The third kappa shape index (κ3) is 2.91. The molecule has 146 valence electrons. The Labute approximate surface area is 157 Å². The summed E-state index contributed by atoms with van der Waals surface area (Å²) in [5, 5.41) is 21.1. The van der Waals surface area contributed by atoms with Crippen molar-refractivity contribution in [2.45, 2.75) is 62.9 Å². The number of aldehydes is 1. The molecule has 7 atom stereocenters. The van der Waals surface area contributed by atoms with Crippen molar-refractivity contribution in [2.75, 3.05) is 7.11 Å². The number of ether oxygens (including phenoxy) is 2. The van der Waals surface area contributed by atoms with Crippen LogP contribution >= 0.6 is 11.6 Å². The molecule has 8 heteroatoms. The number of esters is 1. The molecule has 0 aliphatic heterocycles. The van der Waals surface area contributed by atoms with E-state index in [4.69, 9.17) is 21.1 Å². The fourth-order valence-electron chi connectivity index (χ4n) is 4.11. The Bertz CT molecular complexity index is 658. The quantitative estimate of drug-likeness (QED) is 0.416. The van der Waals surface area contributed by atoms with Crippen LogP contribution in [0.3, 0.4) is 0 Å². The van der Waals surface area contributed by atoms with E-state index in [0.29, 0.717) is 5.57 Å². The Morgan fingerprint density at radius 2 is 2.08 bits per heavy atom. The van der Waals surface area contributed by atoms with Gasteiger partial charge in [0.1, 0.15) is 28.8 Å². The summed E-state index contributed by atoms with van der Waals surface area (Å²) < 4.78 is 10.7. The molecule has 0 aromatic carbocycles. The zero-order valence-corrected chi connectivity index (χ0v) is 16.2. The van der Waals surface area contributed by atoms with Gasteiger partial charge in [0.2, 0.25) is 0 Å². The zero-order valence-electron chi connectivity index (χ0n) is 15.5. The fraction of sp³-hybridized carbons (Fsp3) is 0.722. The highest BCUT2D eigenvalue weighted by atomic mass is 35.5. The van der Waals surface area contributed by atoms with E-state index >= 15 is 0 Å². The number of carbonyl (C=O) groups excluding carboxylic acids is 3. The molecule has 2 aliphatic carbocycles. The summed E-state index contributed by atoms with van der Waals surface area (Å²) in [5.74, 6) is -1.64. The van der Waals surface area contributed by atoms with Crippen LogP contribution in [0.4, 0.5) is 0 Å². The molecule has 1 unspecified atom stereocenters. The van der Waals surface area contributed by atoms with Gasteiger partial charge in [-0.15, -0.1) is 11.6 Å². The molecule has 1 saturated carbocycles. The fourth-order valence-corrected chi connectivity index (χ4v) is 4.49. The molecule has 1 fully saturated rings. The van der Waals surface area contributed by atoms with Crippen LogP contribution in [-0.4, -0.2) is 64.1 Å². The number of halogens is 1. The average molecular weight is 389 g/mol. The lowest BCUT2D eigenvalue weighted by Gasteiger charge is -2.56. The third-order valence-electron chi connectivity index (χ3n) is 5.99. The molecule has 0 radical (unpaired) electrons. The van der Waals surface area contributed by atoms with E-state index in [-0.39, 0.29) is 12.7 Å². The van der Waals surface area contributed by atoms with Gasteiger partial charge >= 0.3 is 5.97 Å². The largest absolute Gasteiger partial charge is 0.459 e. The second kappa shape index (κ2) is 6.71. The van der Waals surface area contributed by atoms with Crippen LogP contribution in [-0.2, 0) is 23.9 Å². The predicted octanol–water partition coefficient (Wildman–Crippen LogP) is 0.777. The lowest BCUT2D eigenvalue weighted by molar-refractivity contribution is -0.180. The van der Waals surface area contributed by atoms with Crippen molar-refractivity contribution in [1.29, 1.82) is 0 Å². The number of fused-ring (bicyclic) bond motifs is 1. The maximum Gasteiger partial charge on any atom is 0.303 e. The third-order valence-corrected chi connectivity index (χ3v) is 6.69. The summed E-state index contributed by atoms with van der Waals surface area (Å²) in [6, 6.07) is 0. The van der Waals surface area contributed by atoms with Gasteiger partial charge in [-0.2, -0.15) is 0 Å². The van der Waals surface area contributed by atoms with E-state index < -0.39 is 51.9 Å². The van der Waals surface area contributed by atoms with Gasteiger partial charge in [0.05, 0.1) is 0 Å². The molecule has 7 nitrogen and oxygen atoms in total. The van der Waals surface area contributed by atoms with Crippen LogP contribution in [0.15, 0.2) is 11.6 Å². The van der Waals surface area contributed by atoms with Crippen LogP contribution in [0.2, 0.25) is 0 Å². The van der Waals surface area contributed by atoms with E-state index in [1.807, 2.05) is 0 Å². The minimum Gasteiger partial charge on any atom is -0.459 e. The second-order valence-electron chi connectivity index (χ2n) is 7.63. The highest BCUT2D eigenvalue weighted by Gasteiger charge is 2.63. The number of aliphatic hydroxyl groups excluding tert-OH is 1. The molecule has 0 saturated heterocycles. The Kier molecular flexibility index (Phi) is 5.43. The van der Waals surface area contributed by atoms with E-state index in [1.54, 1.807) is 13.8 Å². The lowest BCUT2D eigenvalue weighted by atomic mass is 9.54. The summed E-state index contributed by atoms with van der Waals surface area (Å²) >= 11 is 6.49. The number of carbonyl (C=O) groups is 3. The molecule has 0 amide bonds. The van der Waals surface area contributed by atoms with Crippen molar-refractivity contribution < 1.29 is 34.1 Å². The first-order valence-corrected chi connectivity index (χ1v) is 8.75. The van der Waals surface area contributed by atoms with E-state index in [9.17, 15) is 24.6 Å². The van der Waals surface area contributed by atoms with Gasteiger partial charge in [0.25, 0.3) is 0 Å². The molecule has 0 aromatic heterocycles. The first-order chi connectivity index (χ1) is 11.9. The van der Waals surface area contributed by atoms with Crippen molar-refractivity contribution in [3.8, 4) is 0 Å². The lowest BCUT2D eigenvalue weighted by Crippen LogP contribution is -2.65. The Balaban J connectivity index is 2.62. The first-order valence-electron chi connectivity index (χ1n) is 8.38. The Hall–Kier alpha value is -1.28. The van der Waals surface area contributed by atoms with Gasteiger partial charge in [-0.1, -0.05) is 13.8 Å². The van der Waals surface area contributed by atoms with E-state index in [1.165, 1.54) is 27.0 Å². The van der Waals surface area contributed by atoms with Gasteiger partial charge in [-0.05, 0) is 30.4 Å². The normalized spacial score (nSPS) is 42.3. The van der Waals surface area contributed by atoms with Crippen LogP contribution < -0.4 is 0 Å². The van der Waals surface area contributed by atoms with Crippen molar-refractivity contribution in [3.05, 3.63) is 11.6 Å². The molecular weight excluding hydrogens is 364 g/mol. The topological polar surface area (TPSA) is 110 Å². The number of allylic oxidation sites excluding steroid dienone is 1. The summed E-state index contributed by atoms with van der Waals surface area (Å²) in [4.78, 5) is 33.7. The number of rotatable bonds is 4. The van der Waals surface area contributed by atoms with Crippen LogP contribution in [0, 0.1) is 11.3 Å². The summed E-state index contributed by atoms with van der Waals surface area (Å²) in [5.41, 5.74) is -2.44. The molecule has 0 heterocycles. The smallest absolute Gasteiger partial charge is 0.303 e. The number of ketones is 1. The maximum absolute atomic E-state index is 12.7. The highest BCUT2D eigenvalue weighted by Crippen LogP contribution is 2.56. The predicted molar refractivity (Wildman–Crippen MR) is 92.6 cm³/mol. The first kappa shape index (κ1) is 21.0. The van der Waals surface area contributed by atoms with E-state index in [2.05, 4.69) is 0 Å². The van der Waals surface area contributed by atoms with Gasteiger partial charge in [0, 0.05) is 20.0 Å². The van der Waals surface area contributed by atoms with E-state index in [0.717, 1.165) is 0 Å². The number of hydrogen-bond acceptors (Lipinski definition) is 7. The maximum atomic E-state index is 12.7. The van der Waals surface area contributed by atoms with Gasteiger partial charge < -0.3 is 24.5 Å². The number of aliphatic hydroxyl groups is 2. The molecule has 0 aromatic rings. The summed E-state index contributed by atoms with van der Waals surface area (Å²) in [7, 11) is 1.38.